The Morgan fingerprint density at radius 1 is 1.04 bits per heavy atom. The second-order valence-corrected chi connectivity index (χ2v) is 8.00. The Labute approximate surface area is 152 Å². The SMILES string of the molecule is CC1CCCCC1N(C)C(=O)CN1CCCC(N(C)CC(=O)O)CC1. The van der Waals surface area contributed by atoms with Gasteiger partial charge in [-0.1, -0.05) is 19.8 Å². The average Bonchev–Trinajstić information content (AvgIpc) is 2.79. The molecule has 0 radical (unpaired) electrons. The van der Waals surface area contributed by atoms with E-state index in [0.29, 0.717) is 24.5 Å². The van der Waals surface area contributed by atoms with Gasteiger partial charge in [0.25, 0.3) is 0 Å². The largest absolute Gasteiger partial charge is 0.480 e. The Morgan fingerprint density at radius 2 is 1.76 bits per heavy atom. The minimum absolute atomic E-state index is 0.0892. The van der Waals surface area contributed by atoms with Crippen LogP contribution in [0.4, 0.5) is 0 Å². The van der Waals surface area contributed by atoms with Gasteiger partial charge in [-0.2, -0.15) is 0 Å². The van der Waals surface area contributed by atoms with Crippen LogP contribution in [0.25, 0.3) is 0 Å². The number of nitrogens with zero attached hydrogens (tertiary/aromatic N) is 3. The van der Waals surface area contributed by atoms with Gasteiger partial charge < -0.3 is 10.0 Å². The standard InChI is InChI=1S/C19H35N3O3/c1-15-7-4-5-9-17(15)21(3)18(23)13-22-11-6-8-16(10-12-22)20(2)14-19(24)25/h15-17H,4-14H2,1-3H3,(H,24,25). The van der Waals surface area contributed by atoms with Gasteiger partial charge in [0.05, 0.1) is 13.1 Å². The highest BCUT2D eigenvalue weighted by Crippen LogP contribution is 2.27. The molecule has 3 atom stereocenters. The number of hydrogen-bond acceptors (Lipinski definition) is 4. The zero-order valence-electron chi connectivity index (χ0n) is 16.1. The van der Waals surface area contributed by atoms with Gasteiger partial charge in [0.15, 0.2) is 0 Å². The fourth-order valence-corrected chi connectivity index (χ4v) is 4.44. The molecule has 0 spiro atoms. The fraction of sp³-hybridized carbons (Fsp3) is 0.895. The van der Waals surface area contributed by atoms with Crippen molar-refractivity contribution in [3.63, 3.8) is 0 Å². The molecule has 25 heavy (non-hydrogen) atoms. The summed E-state index contributed by atoms with van der Waals surface area (Å²) in [6.45, 7) is 4.65. The average molecular weight is 354 g/mol. The van der Waals surface area contributed by atoms with Crippen LogP contribution in [-0.4, -0.2) is 84.0 Å². The summed E-state index contributed by atoms with van der Waals surface area (Å²) in [6, 6.07) is 0.690. The number of aliphatic carboxylic acids is 1. The Bertz CT molecular complexity index is 457. The van der Waals surface area contributed by atoms with E-state index >= 15 is 0 Å². The molecule has 1 aliphatic carbocycles. The highest BCUT2D eigenvalue weighted by atomic mass is 16.4. The van der Waals surface area contributed by atoms with Gasteiger partial charge in [-0.3, -0.25) is 19.4 Å². The molecule has 6 nitrogen and oxygen atoms in total. The summed E-state index contributed by atoms with van der Waals surface area (Å²) in [6.07, 6.45) is 7.83. The molecule has 2 aliphatic rings. The number of amides is 1. The second kappa shape index (κ2) is 9.53. The van der Waals surface area contributed by atoms with Crippen LogP contribution < -0.4 is 0 Å². The molecular weight excluding hydrogens is 318 g/mol. The molecule has 144 valence electrons. The molecule has 1 amide bonds. The smallest absolute Gasteiger partial charge is 0.317 e. The summed E-state index contributed by atoms with van der Waals surface area (Å²) in [4.78, 5) is 29.8. The lowest BCUT2D eigenvalue weighted by molar-refractivity contribution is -0.138. The highest BCUT2D eigenvalue weighted by molar-refractivity contribution is 5.78. The molecule has 1 saturated heterocycles. The predicted molar refractivity (Wildman–Crippen MR) is 98.5 cm³/mol. The summed E-state index contributed by atoms with van der Waals surface area (Å²) in [7, 11) is 3.86. The normalized spacial score (nSPS) is 28.6. The lowest BCUT2D eigenvalue weighted by atomic mass is 9.85. The zero-order chi connectivity index (χ0) is 18.4. The molecule has 6 heteroatoms. The number of carbonyl (C=O) groups is 2. The van der Waals surface area contributed by atoms with E-state index in [-0.39, 0.29) is 12.5 Å². The molecule has 3 unspecified atom stereocenters. The van der Waals surface area contributed by atoms with Gasteiger partial charge in [0.2, 0.25) is 5.91 Å². The van der Waals surface area contributed by atoms with Crippen molar-refractivity contribution < 1.29 is 14.7 Å². The molecule has 0 bridgehead atoms. The third-order valence-corrected chi connectivity index (χ3v) is 6.11. The number of carbonyl (C=O) groups excluding carboxylic acids is 1. The highest BCUT2D eigenvalue weighted by Gasteiger charge is 2.29. The van der Waals surface area contributed by atoms with E-state index < -0.39 is 5.97 Å². The zero-order valence-corrected chi connectivity index (χ0v) is 16.1. The molecule has 1 N–H and O–H groups in total. The van der Waals surface area contributed by atoms with E-state index in [0.717, 1.165) is 38.8 Å². The molecule has 0 aromatic rings. The molecule has 1 aliphatic heterocycles. The van der Waals surface area contributed by atoms with Crippen LogP contribution in [0.3, 0.4) is 0 Å². The lowest BCUT2D eigenvalue weighted by Crippen LogP contribution is -2.47. The van der Waals surface area contributed by atoms with Crippen molar-refractivity contribution >= 4 is 11.9 Å². The summed E-state index contributed by atoms with van der Waals surface area (Å²) in [5.74, 6) is 0.0546. The minimum Gasteiger partial charge on any atom is -0.480 e. The second-order valence-electron chi connectivity index (χ2n) is 8.00. The number of hydrogen-bond donors (Lipinski definition) is 1. The number of carboxylic acids is 1. The van der Waals surface area contributed by atoms with E-state index in [1.54, 1.807) is 0 Å². The maximum absolute atomic E-state index is 12.7. The van der Waals surface area contributed by atoms with Crippen molar-refractivity contribution in [3.8, 4) is 0 Å². The van der Waals surface area contributed by atoms with Crippen LogP contribution in [0.2, 0.25) is 0 Å². The molecule has 0 aromatic carbocycles. The first-order chi connectivity index (χ1) is 11.9. The van der Waals surface area contributed by atoms with E-state index in [1.807, 2.05) is 23.9 Å². The fourth-order valence-electron chi connectivity index (χ4n) is 4.44. The summed E-state index contributed by atoms with van der Waals surface area (Å²) < 4.78 is 0. The summed E-state index contributed by atoms with van der Waals surface area (Å²) >= 11 is 0. The van der Waals surface area contributed by atoms with Crippen molar-refractivity contribution in [3.05, 3.63) is 0 Å². The molecular formula is C19H35N3O3. The van der Waals surface area contributed by atoms with E-state index in [9.17, 15) is 9.59 Å². The Kier molecular flexibility index (Phi) is 7.69. The quantitative estimate of drug-likeness (QED) is 0.790. The molecule has 2 fully saturated rings. The van der Waals surface area contributed by atoms with Crippen LogP contribution in [0.1, 0.15) is 51.9 Å². The van der Waals surface area contributed by atoms with E-state index in [1.165, 1.54) is 19.3 Å². The van der Waals surface area contributed by atoms with Crippen molar-refractivity contribution in [1.29, 1.82) is 0 Å². The number of likely N-dealkylation sites (N-methyl/N-ethyl adjacent to an activating group) is 2. The minimum atomic E-state index is -0.776. The number of rotatable bonds is 6. The maximum atomic E-state index is 12.7. The van der Waals surface area contributed by atoms with Crippen LogP contribution in [0, 0.1) is 5.92 Å². The topological polar surface area (TPSA) is 64.1 Å². The number of likely N-dealkylation sites (tertiary alicyclic amines) is 1. The first-order valence-electron chi connectivity index (χ1n) is 9.78. The first kappa shape index (κ1) is 20.2. The lowest BCUT2D eigenvalue weighted by Gasteiger charge is -2.37. The van der Waals surface area contributed by atoms with E-state index in [4.69, 9.17) is 5.11 Å². The van der Waals surface area contributed by atoms with Crippen LogP contribution >= 0.6 is 0 Å². The summed E-state index contributed by atoms with van der Waals surface area (Å²) in [5, 5.41) is 8.96. The van der Waals surface area contributed by atoms with Gasteiger partial charge in [-0.05, 0) is 51.6 Å². The van der Waals surface area contributed by atoms with Crippen molar-refractivity contribution in [2.75, 3.05) is 40.3 Å². The predicted octanol–water partition coefficient (Wildman–Crippen LogP) is 1.89. The van der Waals surface area contributed by atoms with Crippen LogP contribution in [0.15, 0.2) is 0 Å². The van der Waals surface area contributed by atoms with Gasteiger partial charge in [0, 0.05) is 25.7 Å². The van der Waals surface area contributed by atoms with Gasteiger partial charge in [-0.15, -0.1) is 0 Å². The molecule has 1 heterocycles. The van der Waals surface area contributed by atoms with Gasteiger partial charge in [0.1, 0.15) is 0 Å². The van der Waals surface area contributed by atoms with Crippen LogP contribution in [0.5, 0.6) is 0 Å². The maximum Gasteiger partial charge on any atom is 0.317 e. The van der Waals surface area contributed by atoms with Crippen LogP contribution in [-0.2, 0) is 9.59 Å². The Balaban J connectivity index is 1.82. The molecule has 0 aromatic heterocycles. The molecule has 1 saturated carbocycles. The van der Waals surface area contributed by atoms with Crippen molar-refractivity contribution in [2.24, 2.45) is 5.92 Å². The van der Waals surface area contributed by atoms with Gasteiger partial charge >= 0.3 is 5.97 Å². The first-order valence-corrected chi connectivity index (χ1v) is 9.78. The van der Waals surface area contributed by atoms with Crippen molar-refractivity contribution in [1.82, 2.24) is 14.7 Å². The van der Waals surface area contributed by atoms with E-state index in [2.05, 4.69) is 11.8 Å². The van der Waals surface area contributed by atoms with Crippen molar-refractivity contribution in [2.45, 2.75) is 64.0 Å². The Morgan fingerprint density at radius 3 is 2.44 bits per heavy atom. The van der Waals surface area contributed by atoms with Gasteiger partial charge in [-0.25, -0.2) is 0 Å². The molecule has 2 rings (SSSR count). The number of carboxylic acid groups (broad SMARTS) is 1. The monoisotopic (exact) mass is 353 g/mol. The third kappa shape index (κ3) is 5.96. The summed E-state index contributed by atoms with van der Waals surface area (Å²) in [5.41, 5.74) is 0. The Hall–Kier alpha value is -1.14. The third-order valence-electron chi connectivity index (χ3n) is 6.11.